The Bertz CT molecular complexity index is 279. The van der Waals surface area contributed by atoms with Gasteiger partial charge >= 0.3 is 0 Å². The number of rotatable bonds is 2. The molecule has 3 heteroatoms. The van der Waals surface area contributed by atoms with Gasteiger partial charge in [-0.1, -0.05) is 20.3 Å². The number of likely N-dealkylation sites (tertiary alicyclic amines) is 1. The monoisotopic (exact) mass is 238 g/mol. The molecule has 0 bridgehead atoms. The lowest BCUT2D eigenvalue weighted by Crippen LogP contribution is -2.42. The molecule has 1 aliphatic heterocycles. The van der Waals surface area contributed by atoms with Crippen molar-refractivity contribution < 1.29 is 4.79 Å². The second kappa shape index (κ2) is 5.38. The van der Waals surface area contributed by atoms with Gasteiger partial charge in [0.25, 0.3) is 0 Å². The molecule has 1 amide bonds. The van der Waals surface area contributed by atoms with Crippen molar-refractivity contribution >= 4 is 5.91 Å². The maximum Gasteiger partial charge on any atom is 0.225 e. The number of carbonyl (C=O) groups excluding carboxylic acids is 1. The van der Waals surface area contributed by atoms with Crippen molar-refractivity contribution in [2.45, 2.75) is 52.0 Å². The fraction of sp³-hybridized carbons (Fsp3) is 0.929. The summed E-state index contributed by atoms with van der Waals surface area (Å²) in [5.74, 6) is 1.85. The SMILES string of the molecule is CCC1CCN(C(=O)C2CCC(N)CC2C)C1. The van der Waals surface area contributed by atoms with E-state index < -0.39 is 0 Å². The average Bonchev–Trinajstić information content (AvgIpc) is 2.76. The van der Waals surface area contributed by atoms with E-state index in [1.165, 1.54) is 12.8 Å². The van der Waals surface area contributed by atoms with Crippen molar-refractivity contribution in [3.05, 3.63) is 0 Å². The van der Waals surface area contributed by atoms with Gasteiger partial charge in [-0.05, 0) is 37.5 Å². The van der Waals surface area contributed by atoms with Crippen LogP contribution in [0, 0.1) is 17.8 Å². The van der Waals surface area contributed by atoms with E-state index in [1.54, 1.807) is 0 Å². The molecule has 2 N–H and O–H groups in total. The molecule has 1 aliphatic carbocycles. The van der Waals surface area contributed by atoms with E-state index in [0.717, 1.165) is 38.3 Å². The van der Waals surface area contributed by atoms with Gasteiger partial charge in [0.05, 0.1) is 0 Å². The van der Waals surface area contributed by atoms with E-state index >= 15 is 0 Å². The van der Waals surface area contributed by atoms with Crippen LogP contribution < -0.4 is 5.73 Å². The molecule has 17 heavy (non-hydrogen) atoms. The predicted octanol–water partition coefficient (Wildman–Crippen LogP) is 2.01. The summed E-state index contributed by atoms with van der Waals surface area (Å²) in [4.78, 5) is 14.6. The number of carbonyl (C=O) groups is 1. The van der Waals surface area contributed by atoms with Crippen LogP contribution in [0.4, 0.5) is 0 Å². The number of nitrogens with zero attached hydrogens (tertiary/aromatic N) is 1. The molecule has 2 rings (SSSR count). The van der Waals surface area contributed by atoms with Crippen molar-refractivity contribution in [2.24, 2.45) is 23.5 Å². The highest BCUT2D eigenvalue weighted by atomic mass is 16.2. The summed E-state index contributed by atoms with van der Waals surface area (Å²) in [6.07, 6.45) is 5.43. The molecule has 2 fully saturated rings. The zero-order chi connectivity index (χ0) is 12.4. The lowest BCUT2D eigenvalue weighted by molar-refractivity contribution is -0.137. The van der Waals surface area contributed by atoms with Crippen molar-refractivity contribution in [2.75, 3.05) is 13.1 Å². The summed E-state index contributed by atoms with van der Waals surface area (Å²) in [6.45, 7) is 6.38. The minimum absolute atomic E-state index is 0.241. The minimum atomic E-state index is 0.241. The van der Waals surface area contributed by atoms with E-state index in [1.807, 2.05) is 0 Å². The molecule has 0 aromatic carbocycles. The van der Waals surface area contributed by atoms with E-state index in [2.05, 4.69) is 18.7 Å². The van der Waals surface area contributed by atoms with Crippen LogP contribution in [-0.4, -0.2) is 29.9 Å². The number of hydrogen-bond acceptors (Lipinski definition) is 2. The zero-order valence-corrected chi connectivity index (χ0v) is 11.2. The second-order valence-corrected chi connectivity index (χ2v) is 6.00. The van der Waals surface area contributed by atoms with Gasteiger partial charge in [-0.15, -0.1) is 0 Å². The molecule has 0 aromatic heterocycles. The Kier molecular flexibility index (Phi) is 4.08. The standard InChI is InChI=1S/C14H26N2O/c1-3-11-6-7-16(9-11)14(17)13-5-4-12(15)8-10(13)2/h10-13H,3-9,15H2,1-2H3. The largest absolute Gasteiger partial charge is 0.342 e. The van der Waals surface area contributed by atoms with Gasteiger partial charge in [0.15, 0.2) is 0 Å². The third-order valence-electron chi connectivity index (χ3n) is 4.70. The van der Waals surface area contributed by atoms with Crippen LogP contribution in [0.15, 0.2) is 0 Å². The van der Waals surface area contributed by atoms with Gasteiger partial charge in [0.1, 0.15) is 0 Å². The smallest absolute Gasteiger partial charge is 0.225 e. The minimum Gasteiger partial charge on any atom is -0.342 e. The first-order valence-corrected chi connectivity index (χ1v) is 7.16. The molecule has 1 saturated heterocycles. The highest BCUT2D eigenvalue weighted by molar-refractivity contribution is 5.79. The van der Waals surface area contributed by atoms with Crippen molar-refractivity contribution in [1.82, 2.24) is 4.90 Å². The quantitative estimate of drug-likeness (QED) is 0.800. The average molecular weight is 238 g/mol. The van der Waals surface area contributed by atoms with Gasteiger partial charge in [-0.25, -0.2) is 0 Å². The molecule has 0 spiro atoms. The first kappa shape index (κ1) is 12.9. The normalized spacial score (nSPS) is 38.4. The van der Waals surface area contributed by atoms with Crippen molar-refractivity contribution in [3.63, 3.8) is 0 Å². The third kappa shape index (κ3) is 2.82. The van der Waals surface area contributed by atoms with Gasteiger partial charge < -0.3 is 10.6 Å². The Labute approximate surface area is 105 Å². The molecule has 1 heterocycles. The summed E-state index contributed by atoms with van der Waals surface area (Å²) in [7, 11) is 0. The Morgan fingerprint density at radius 2 is 2.12 bits per heavy atom. The number of hydrogen-bond donors (Lipinski definition) is 1. The first-order chi connectivity index (χ1) is 8.11. The van der Waals surface area contributed by atoms with Gasteiger partial charge in [-0.2, -0.15) is 0 Å². The number of amides is 1. The fourth-order valence-corrected chi connectivity index (χ4v) is 3.41. The van der Waals surface area contributed by atoms with Crippen LogP contribution >= 0.6 is 0 Å². The molecular formula is C14H26N2O. The molecule has 98 valence electrons. The van der Waals surface area contributed by atoms with Crippen LogP contribution in [-0.2, 0) is 4.79 Å². The highest BCUT2D eigenvalue weighted by Gasteiger charge is 2.35. The lowest BCUT2D eigenvalue weighted by atomic mass is 9.77. The second-order valence-electron chi connectivity index (χ2n) is 6.00. The van der Waals surface area contributed by atoms with E-state index in [9.17, 15) is 4.79 Å². The summed E-state index contributed by atoms with van der Waals surface area (Å²) in [5.41, 5.74) is 5.96. The van der Waals surface area contributed by atoms with Crippen LogP contribution in [0.3, 0.4) is 0 Å². The fourth-order valence-electron chi connectivity index (χ4n) is 3.41. The lowest BCUT2D eigenvalue weighted by Gasteiger charge is -2.34. The van der Waals surface area contributed by atoms with Crippen LogP contribution in [0.25, 0.3) is 0 Å². The van der Waals surface area contributed by atoms with Crippen molar-refractivity contribution in [3.8, 4) is 0 Å². The molecule has 2 aliphatic rings. The van der Waals surface area contributed by atoms with Gasteiger partial charge in [-0.3, -0.25) is 4.79 Å². The molecule has 4 atom stereocenters. The Morgan fingerprint density at radius 1 is 1.35 bits per heavy atom. The topological polar surface area (TPSA) is 46.3 Å². The Hall–Kier alpha value is -0.570. The van der Waals surface area contributed by atoms with E-state index in [0.29, 0.717) is 17.9 Å². The van der Waals surface area contributed by atoms with Crippen LogP contribution in [0.1, 0.15) is 46.0 Å². The van der Waals surface area contributed by atoms with E-state index in [4.69, 9.17) is 5.73 Å². The molecule has 0 aromatic rings. The number of nitrogens with two attached hydrogens (primary N) is 1. The Morgan fingerprint density at radius 3 is 2.71 bits per heavy atom. The molecular weight excluding hydrogens is 212 g/mol. The predicted molar refractivity (Wildman–Crippen MR) is 69.5 cm³/mol. The molecule has 4 unspecified atom stereocenters. The summed E-state index contributed by atoms with van der Waals surface area (Å²) in [6, 6.07) is 0.316. The molecule has 3 nitrogen and oxygen atoms in total. The Balaban J connectivity index is 1.91. The van der Waals surface area contributed by atoms with Gasteiger partial charge in [0, 0.05) is 25.0 Å². The molecule has 0 radical (unpaired) electrons. The highest BCUT2D eigenvalue weighted by Crippen LogP contribution is 2.32. The van der Waals surface area contributed by atoms with Crippen molar-refractivity contribution in [1.29, 1.82) is 0 Å². The van der Waals surface area contributed by atoms with Crippen LogP contribution in [0.2, 0.25) is 0 Å². The summed E-state index contributed by atoms with van der Waals surface area (Å²) in [5, 5.41) is 0. The maximum atomic E-state index is 12.5. The summed E-state index contributed by atoms with van der Waals surface area (Å²) < 4.78 is 0. The van der Waals surface area contributed by atoms with Gasteiger partial charge in [0.2, 0.25) is 5.91 Å². The summed E-state index contributed by atoms with van der Waals surface area (Å²) >= 11 is 0. The van der Waals surface area contributed by atoms with Crippen LogP contribution in [0.5, 0.6) is 0 Å². The molecule has 1 saturated carbocycles. The van der Waals surface area contributed by atoms with E-state index in [-0.39, 0.29) is 5.92 Å². The maximum absolute atomic E-state index is 12.5. The third-order valence-corrected chi connectivity index (χ3v) is 4.70. The zero-order valence-electron chi connectivity index (χ0n) is 11.2. The first-order valence-electron chi connectivity index (χ1n) is 7.16.